The Bertz CT molecular complexity index is 770. The molecule has 29 heavy (non-hydrogen) atoms. The van der Waals surface area contributed by atoms with Gasteiger partial charge in [-0.15, -0.1) is 21.5 Å². The largest absolute Gasteiger partial charge is 0.395 e. The molecule has 2 aromatic rings. The van der Waals surface area contributed by atoms with Crippen LogP contribution in [0.2, 0.25) is 0 Å². The van der Waals surface area contributed by atoms with E-state index in [0.717, 1.165) is 62.5 Å². The van der Waals surface area contributed by atoms with Crippen LogP contribution in [0, 0.1) is 0 Å². The average Bonchev–Trinajstić information content (AvgIpc) is 3.28. The van der Waals surface area contributed by atoms with Crippen LogP contribution in [0.25, 0.3) is 0 Å². The van der Waals surface area contributed by atoms with Crippen LogP contribution in [0.5, 0.6) is 0 Å². The molecule has 0 atom stereocenters. The van der Waals surface area contributed by atoms with Crippen molar-refractivity contribution in [2.75, 3.05) is 80.6 Å². The number of anilines is 3. The third-order valence-corrected chi connectivity index (χ3v) is 6.18. The van der Waals surface area contributed by atoms with Crippen molar-refractivity contribution >= 4 is 34.0 Å². The number of urea groups is 1. The summed E-state index contributed by atoms with van der Waals surface area (Å²) in [5, 5.41) is 23.7. The molecule has 0 aliphatic carbocycles. The molecule has 4 rings (SSSR count). The van der Waals surface area contributed by atoms with Crippen molar-refractivity contribution in [1.82, 2.24) is 20.0 Å². The number of carbonyl (C=O) groups excluding carboxylic acids is 1. The molecular weight excluding hydrogens is 390 g/mol. The maximum Gasteiger partial charge on any atom is 0.322 e. The number of piperazine rings is 2. The van der Waals surface area contributed by atoms with Gasteiger partial charge in [0.25, 0.3) is 0 Å². The van der Waals surface area contributed by atoms with E-state index in [9.17, 15) is 4.79 Å². The summed E-state index contributed by atoms with van der Waals surface area (Å²) < 4.78 is 0. The molecule has 2 N–H and O–H groups in total. The maximum absolute atomic E-state index is 12.3. The van der Waals surface area contributed by atoms with Crippen molar-refractivity contribution in [3.8, 4) is 0 Å². The minimum absolute atomic E-state index is 0.0473. The zero-order chi connectivity index (χ0) is 20.1. The smallest absolute Gasteiger partial charge is 0.322 e. The highest BCUT2D eigenvalue weighted by atomic mass is 32.1. The molecule has 2 aliphatic rings. The molecule has 156 valence electrons. The molecule has 0 unspecified atom stereocenters. The van der Waals surface area contributed by atoms with Gasteiger partial charge in [-0.1, -0.05) is 0 Å². The number of rotatable bonds is 5. The summed E-state index contributed by atoms with van der Waals surface area (Å²) in [7, 11) is 0. The summed E-state index contributed by atoms with van der Waals surface area (Å²) in [6.07, 6.45) is 0. The number of aromatic nitrogens is 2. The zero-order valence-electron chi connectivity index (χ0n) is 16.4. The summed E-state index contributed by atoms with van der Waals surface area (Å²) in [6, 6.07) is 7.83. The van der Waals surface area contributed by atoms with Crippen molar-refractivity contribution in [3.05, 3.63) is 29.6 Å². The molecular formula is C19H27N7O2S. The highest BCUT2D eigenvalue weighted by Crippen LogP contribution is 2.19. The molecule has 2 aliphatic heterocycles. The van der Waals surface area contributed by atoms with Gasteiger partial charge < -0.3 is 19.8 Å². The van der Waals surface area contributed by atoms with Gasteiger partial charge in [0, 0.05) is 58.9 Å². The number of nitrogens with one attached hydrogen (secondary N) is 1. The van der Waals surface area contributed by atoms with Crippen molar-refractivity contribution < 1.29 is 9.90 Å². The van der Waals surface area contributed by atoms with Crippen molar-refractivity contribution in [2.24, 2.45) is 0 Å². The van der Waals surface area contributed by atoms with Gasteiger partial charge in [-0.2, -0.15) is 0 Å². The fraction of sp³-hybridized carbons (Fsp3) is 0.526. The first-order chi connectivity index (χ1) is 14.2. The Morgan fingerprint density at radius 1 is 0.966 bits per heavy atom. The molecule has 9 nitrogen and oxygen atoms in total. The molecule has 2 amide bonds. The molecule has 2 saturated heterocycles. The van der Waals surface area contributed by atoms with Crippen LogP contribution < -0.4 is 15.1 Å². The van der Waals surface area contributed by atoms with E-state index in [-0.39, 0.29) is 12.6 Å². The van der Waals surface area contributed by atoms with Gasteiger partial charge in [0.05, 0.1) is 11.6 Å². The van der Waals surface area contributed by atoms with Gasteiger partial charge in [-0.3, -0.25) is 10.2 Å². The number of aliphatic hydroxyl groups excluding tert-OH is 1. The van der Waals surface area contributed by atoms with E-state index in [4.69, 9.17) is 5.11 Å². The van der Waals surface area contributed by atoms with Gasteiger partial charge >= 0.3 is 6.03 Å². The van der Waals surface area contributed by atoms with Crippen LogP contribution in [0.4, 0.5) is 21.4 Å². The lowest BCUT2D eigenvalue weighted by Gasteiger charge is -2.36. The number of hydrogen-bond donors (Lipinski definition) is 2. The second kappa shape index (κ2) is 9.38. The molecule has 0 radical (unpaired) electrons. The minimum Gasteiger partial charge on any atom is -0.395 e. The summed E-state index contributed by atoms with van der Waals surface area (Å²) >= 11 is 1.52. The molecule has 0 bridgehead atoms. The Morgan fingerprint density at radius 2 is 1.59 bits per heavy atom. The van der Waals surface area contributed by atoms with Crippen LogP contribution in [0.15, 0.2) is 29.6 Å². The maximum atomic E-state index is 12.3. The molecule has 10 heteroatoms. The van der Waals surface area contributed by atoms with Gasteiger partial charge in [-0.05, 0) is 29.6 Å². The predicted molar refractivity (Wildman–Crippen MR) is 115 cm³/mol. The van der Waals surface area contributed by atoms with Crippen molar-refractivity contribution in [2.45, 2.75) is 0 Å². The number of amides is 2. The van der Waals surface area contributed by atoms with Crippen LogP contribution >= 0.6 is 11.3 Å². The quantitative estimate of drug-likeness (QED) is 0.751. The van der Waals surface area contributed by atoms with Gasteiger partial charge in [0.2, 0.25) is 0 Å². The molecule has 4 heterocycles. The summed E-state index contributed by atoms with van der Waals surface area (Å²) in [5.74, 6) is 1.75. The molecule has 0 saturated carbocycles. The number of carbonyl (C=O) groups is 1. The van der Waals surface area contributed by atoms with E-state index in [1.165, 1.54) is 11.3 Å². The van der Waals surface area contributed by atoms with Gasteiger partial charge in [0.15, 0.2) is 11.6 Å². The van der Waals surface area contributed by atoms with Crippen molar-refractivity contribution in [3.63, 3.8) is 0 Å². The lowest BCUT2D eigenvalue weighted by molar-refractivity contribution is 0.188. The number of nitrogens with zero attached hydrogens (tertiary/aromatic N) is 6. The monoisotopic (exact) mass is 417 g/mol. The summed E-state index contributed by atoms with van der Waals surface area (Å²) in [4.78, 5) is 20.8. The lowest BCUT2D eigenvalue weighted by atomic mass is 10.3. The standard InChI is InChI=1S/C19H27N7O2S/c27-14-13-23-5-7-24(8-6-23)16-3-4-17(22-21-16)25-9-11-26(12-10-25)19(28)20-18-2-1-15-29-18/h1-4,15,27H,5-14H2,(H,20,28). The average molecular weight is 418 g/mol. The van der Waals surface area contributed by atoms with E-state index in [2.05, 4.69) is 30.2 Å². The summed E-state index contributed by atoms with van der Waals surface area (Å²) in [6.45, 7) is 7.39. The van der Waals surface area contributed by atoms with Crippen LogP contribution in [0.1, 0.15) is 0 Å². The third-order valence-electron chi connectivity index (χ3n) is 5.39. The van der Waals surface area contributed by atoms with Crippen LogP contribution in [-0.2, 0) is 0 Å². The fourth-order valence-corrected chi connectivity index (χ4v) is 4.28. The Labute approximate surface area is 174 Å². The highest BCUT2D eigenvalue weighted by molar-refractivity contribution is 7.14. The first-order valence-electron chi connectivity index (χ1n) is 9.99. The number of hydrogen-bond acceptors (Lipinski definition) is 8. The second-order valence-corrected chi connectivity index (χ2v) is 8.13. The zero-order valence-corrected chi connectivity index (χ0v) is 17.2. The Balaban J connectivity index is 1.26. The van der Waals surface area contributed by atoms with E-state index in [1.54, 1.807) is 0 Å². The highest BCUT2D eigenvalue weighted by Gasteiger charge is 2.23. The van der Waals surface area contributed by atoms with Gasteiger partial charge in [0.1, 0.15) is 0 Å². The molecule has 0 aromatic carbocycles. The van der Waals surface area contributed by atoms with E-state index >= 15 is 0 Å². The van der Waals surface area contributed by atoms with E-state index < -0.39 is 0 Å². The molecule has 2 aromatic heterocycles. The predicted octanol–water partition coefficient (Wildman–Crippen LogP) is 1.01. The first kappa shape index (κ1) is 19.9. The topological polar surface area (TPSA) is 88.1 Å². The van der Waals surface area contributed by atoms with E-state index in [0.29, 0.717) is 13.1 Å². The Kier molecular flexibility index (Phi) is 6.43. The van der Waals surface area contributed by atoms with E-state index in [1.807, 2.05) is 34.5 Å². The Morgan fingerprint density at radius 3 is 2.10 bits per heavy atom. The Hall–Kier alpha value is -2.43. The normalized spacial score (nSPS) is 18.2. The SMILES string of the molecule is O=C(Nc1cccs1)N1CCN(c2ccc(N3CCN(CCO)CC3)nn2)CC1. The fourth-order valence-electron chi connectivity index (χ4n) is 3.67. The third kappa shape index (κ3) is 4.95. The second-order valence-electron chi connectivity index (χ2n) is 7.18. The number of thiophene rings is 1. The van der Waals surface area contributed by atoms with Crippen LogP contribution in [0.3, 0.4) is 0 Å². The first-order valence-corrected chi connectivity index (χ1v) is 10.9. The summed E-state index contributed by atoms with van der Waals surface area (Å²) in [5.41, 5.74) is 0. The molecule has 2 fully saturated rings. The molecule has 0 spiro atoms. The van der Waals surface area contributed by atoms with Crippen LogP contribution in [-0.4, -0.2) is 96.6 Å². The van der Waals surface area contributed by atoms with Crippen molar-refractivity contribution in [1.29, 1.82) is 0 Å². The number of aliphatic hydroxyl groups is 1. The number of β-amino-alcohol motifs (C(OH)–C–C–N with tert-alkyl or cyclic N) is 1. The minimum atomic E-state index is -0.0473. The van der Waals surface area contributed by atoms with Gasteiger partial charge in [-0.25, -0.2) is 4.79 Å². The lowest BCUT2D eigenvalue weighted by Crippen LogP contribution is -2.50.